The molecule has 10 heteroatoms. The van der Waals surface area contributed by atoms with Gasteiger partial charge < -0.3 is 15.0 Å². The summed E-state index contributed by atoms with van der Waals surface area (Å²) in [6.07, 6.45) is 0. The summed E-state index contributed by atoms with van der Waals surface area (Å²) >= 11 is 1.43. The predicted octanol–water partition coefficient (Wildman–Crippen LogP) is 0.983. The summed E-state index contributed by atoms with van der Waals surface area (Å²) < 4.78 is 5.30. The third-order valence-electron chi connectivity index (χ3n) is 4.29. The van der Waals surface area contributed by atoms with E-state index in [1.165, 1.54) is 47.9 Å². The van der Waals surface area contributed by atoms with Gasteiger partial charge in [-0.2, -0.15) is 0 Å². The number of carbonyl (C=O) groups excluding carboxylic acids is 3. The zero-order valence-corrected chi connectivity index (χ0v) is 15.2. The molecule has 27 heavy (non-hydrogen) atoms. The highest BCUT2D eigenvalue weighted by molar-refractivity contribution is 8.00. The first-order chi connectivity index (χ1) is 12.8. The summed E-state index contributed by atoms with van der Waals surface area (Å²) in [7, 11) is 0. The number of nitro groups is 1. The first-order valence-electron chi connectivity index (χ1n) is 8.08. The average Bonchev–Trinajstić information content (AvgIpc) is 2.64. The molecule has 0 radical (unpaired) electrons. The smallest absolute Gasteiger partial charge is 0.333 e. The molecular weight excluding hydrogens is 374 g/mol. The second-order valence-corrected chi connectivity index (χ2v) is 7.32. The van der Waals surface area contributed by atoms with Crippen molar-refractivity contribution in [3.8, 4) is 0 Å². The summed E-state index contributed by atoms with van der Waals surface area (Å²) in [6, 6.07) is 4.11. The Hall–Kier alpha value is -2.88. The van der Waals surface area contributed by atoms with E-state index in [4.69, 9.17) is 4.74 Å². The topological polar surface area (TPSA) is 119 Å². The Morgan fingerprint density at radius 1 is 1.41 bits per heavy atom. The van der Waals surface area contributed by atoms with Gasteiger partial charge in [0, 0.05) is 24.8 Å². The van der Waals surface area contributed by atoms with E-state index >= 15 is 0 Å². The van der Waals surface area contributed by atoms with Crippen LogP contribution in [0.5, 0.6) is 0 Å². The molecule has 3 atom stereocenters. The van der Waals surface area contributed by atoms with Crippen molar-refractivity contribution in [1.29, 1.82) is 0 Å². The molecule has 0 spiro atoms. The number of nitrogens with zero attached hydrogens (tertiary/aromatic N) is 2. The van der Waals surface area contributed by atoms with Crippen molar-refractivity contribution in [1.82, 2.24) is 10.2 Å². The summed E-state index contributed by atoms with van der Waals surface area (Å²) in [5.74, 6) is -0.795. The molecule has 2 heterocycles. The number of benzene rings is 1. The Morgan fingerprint density at radius 2 is 2.07 bits per heavy atom. The molecule has 0 aromatic heterocycles. The molecule has 0 saturated carbocycles. The number of hydrogen-bond donors (Lipinski definition) is 1. The number of hydrogen-bond acceptors (Lipinski definition) is 7. The third-order valence-corrected chi connectivity index (χ3v) is 5.67. The number of carbonyl (C=O) groups is 3. The first kappa shape index (κ1) is 18.9. The van der Waals surface area contributed by atoms with Crippen LogP contribution < -0.4 is 5.32 Å². The fourth-order valence-corrected chi connectivity index (χ4v) is 4.29. The molecule has 0 bridgehead atoms. The molecule has 1 aromatic carbocycles. The summed E-state index contributed by atoms with van der Waals surface area (Å²) in [4.78, 5) is 47.7. The van der Waals surface area contributed by atoms with Gasteiger partial charge in [-0.25, -0.2) is 4.79 Å². The second kappa shape index (κ2) is 7.39. The molecule has 2 unspecified atom stereocenters. The minimum absolute atomic E-state index is 0.0548. The minimum atomic E-state index is -0.896. The lowest BCUT2D eigenvalue weighted by atomic mass is 9.98. The standard InChI is InChI=1S/C17H17N3O6S/c1-9-8-27-16-13(18-10(2)21)15(22)19(16)14(9)17(23)26-7-11-3-5-12(6-4-11)20(24)25/h3-6,13-14,16H,1,7-8H2,2H3,(H,18,21)/t13?,14?,16-/m0/s1. The Bertz CT molecular complexity index is 824. The van der Waals surface area contributed by atoms with Crippen LogP contribution in [0.4, 0.5) is 5.69 Å². The molecule has 3 rings (SSSR count). The highest BCUT2D eigenvalue weighted by atomic mass is 32.2. The van der Waals surface area contributed by atoms with Crippen molar-refractivity contribution >= 4 is 35.2 Å². The van der Waals surface area contributed by atoms with Crippen molar-refractivity contribution in [2.75, 3.05) is 5.75 Å². The molecule has 142 valence electrons. The van der Waals surface area contributed by atoms with Gasteiger partial charge in [-0.3, -0.25) is 19.7 Å². The lowest BCUT2D eigenvalue weighted by Gasteiger charge is -2.52. The number of ether oxygens (including phenoxy) is 1. The van der Waals surface area contributed by atoms with Gasteiger partial charge in [0.15, 0.2) is 6.04 Å². The van der Waals surface area contributed by atoms with Crippen molar-refractivity contribution < 1.29 is 24.0 Å². The van der Waals surface area contributed by atoms with E-state index in [0.29, 0.717) is 16.9 Å². The number of β-lactam (4-membered cyclic amide) rings is 1. The van der Waals surface area contributed by atoms with Gasteiger partial charge in [0.1, 0.15) is 18.0 Å². The Morgan fingerprint density at radius 3 is 2.67 bits per heavy atom. The number of fused-ring (bicyclic) bond motifs is 1. The molecule has 2 amide bonds. The number of nitro benzene ring substituents is 1. The molecule has 9 nitrogen and oxygen atoms in total. The maximum absolute atomic E-state index is 12.5. The molecule has 1 aromatic rings. The van der Waals surface area contributed by atoms with E-state index in [9.17, 15) is 24.5 Å². The van der Waals surface area contributed by atoms with Crippen LogP contribution in [0, 0.1) is 10.1 Å². The SMILES string of the molecule is C=C1CS[C@H]2C(NC(C)=O)C(=O)N2C1C(=O)OCc1ccc([N+](=O)[O-])cc1. The number of rotatable bonds is 5. The zero-order chi connectivity index (χ0) is 19.7. The molecule has 2 fully saturated rings. The molecule has 1 N–H and O–H groups in total. The van der Waals surface area contributed by atoms with Gasteiger partial charge in [-0.1, -0.05) is 6.58 Å². The molecule has 2 aliphatic heterocycles. The largest absolute Gasteiger partial charge is 0.459 e. The van der Waals surface area contributed by atoms with Crippen LogP contribution in [-0.2, 0) is 25.7 Å². The van der Waals surface area contributed by atoms with Gasteiger partial charge in [-0.05, 0) is 23.3 Å². The van der Waals surface area contributed by atoms with Crippen molar-refractivity contribution in [2.45, 2.75) is 31.0 Å². The summed E-state index contributed by atoms with van der Waals surface area (Å²) in [5.41, 5.74) is 1.09. The zero-order valence-electron chi connectivity index (χ0n) is 14.4. The van der Waals surface area contributed by atoms with Gasteiger partial charge in [0.05, 0.1) is 4.92 Å². The lowest BCUT2D eigenvalue weighted by Crippen LogP contribution is -2.74. The highest BCUT2D eigenvalue weighted by Gasteiger charge is 2.56. The maximum Gasteiger partial charge on any atom is 0.333 e. The Balaban J connectivity index is 1.64. The third kappa shape index (κ3) is 3.65. The van der Waals surface area contributed by atoms with Crippen LogP contribution >= 0.6 is 11.8 Å². The predicted molar refractivity (Wildman–Crippen MR) is 96.5 cm³/mol. The molecular formula is C17H17N3O6S. The normalized spacial score (nSPS) is 23.9. The number of thioether (sulfide) groups is 1. The fraction of sp³-hybridized carbons (Fsp3) is 0.353. The van der Waals surface area contributed by atoms with Gasteiger partial charge >= 0.3 is 5.97 Å². The van der Waals surface area contributed by atoms with E-state index in [1.54, 1.807) is 0 Å². The second-order valence-electron chi connectivity index (χ2n) is 6.22. The van der Waals surface area contributed by atoms with Crippen LogP contribution in [0.25, 0.3) is 0 Å². The monoisotopic (exact) mass is 391 g/mol. The van der Waals surface area contributed by atoms with Gasteiger partial charge in [0.25, 0.3) is 5.69 Å². The van der Waals surface area contributed by atoms with Crippen molar-refractivity contribution in [3.63, 3.8) is 0 Å². The fourth-order valence-electron chi connectivity index (χ4n) is 2.98. The van der Waals surface area contributed by atoms with Crippen LogP contribution in [0.2, 0.25) is 0 Å². The number of esters is 1. The summed E-state index contributed by atoms with van der Waals surface area (Å²) in [6.45, 7) is 5.12. The van der Waals surface area contributed by atoms with Crippen LogP contribution in [0.15, 0.2) is 36.4 Å². The number of non-ortho nitro benzene ring substituents is 1. The first-order valence-corrected chi connectivity index (χ1v) is 9.13. The van der Waals surface area contributed by atoms with Gasteiger partial charge in [-0.15, -0.1) is 11.8 Å². The van der Waals surface area contributed by atoms with Gasteiger partial charge in [0.2, 0.25) is 11.8 Å². The molecule has 2 saturated heterocycles. The van der Waals surface area contributed by atoms with Crippen LogP contribution in [0.1, 0.15) is 12.5 Å². The maximum atomic E-state index is 12.5. The Kier molecular flexibility index (Phi) is 5.17. The lowest BCUT2D eigenvalue weighted by molar-refractivity contribution is -0.384. The van der Waals surface area contributed by atoms with Crippen LogP contribution in [0.3, 0.4) is 0 Å². The van der Waals surface area contributed by atoms with E-state index in [2.05, 4.69) is 11.9 Å². The minimum Gasteiger partial charge on any atom is -0.459 e. The average molecular weight is 391 g/mol. The van der Waals surface area contributed by atoms with Crippen LogP contribution in [-0.4, -0.2) is 50.8 Å². The van der Waals surface area contributed by atoms with Crippen molar-refractivity contribution in [3.05, 3.63) is 52.1 Å². The van der Waals surface area contributed by atoms with E-state index in [1.807, 2.05) is 0 Å². The molecule has 2 aliphatic rings. The highest BCUT2D eigenvalue weighted by Crippen LogP contribution is 2.40. The number of nitrogens with one attached hydrogen (secondary N) is 1. The van der Waals surface area contributed by atoms with E-state index in [-0.39, 0.29) is 29.5 Å². The van der Waals surface area contributed by atoms with Crippen molar-refractivity contribution in [2.24, 2.45) is 0 Å². The summed E-state index contributed by atoms with van der Waals surface area (Å²) in [5, 5.41) is 12.9. The number of amides is 2. The Labute approximate surface area is 158 Å². The van der Waals surface area contributed by atoms with E-state index < -0.39 is 23.0 Å². The quantitative estimate of drug-likeness (QED) is 0.261. The molecule has 0 aliphatic carbocycles. The van der Waals surface area contributed by atoms with E-state index in [0.717, 1.165) is 0 Å².